The highest BCUT2D eigenvalue weighted by molar-refractivity contribution is 5.72. The summed E-state index contributed by atoms with van der Waals surface area (Å²) in [5.74, 6) is 1.93. The average Bonchev–Trinajstić information content (AvgIpc) is 3.22. The molecule has 7 nitrogen and oxygen atoms in total. The van der Waals surface area contributed by atoms with Gasteiger partial charge in [-0.05, 0) is 63.8 Å². The first-order valence-corrected chi connectivity index (χ1v) is 23.9. The maximum atomic E-state index is 11.3. The van der Waals surface area contributed by atoms with Crippen molar-refractivity contribution in [2.75, 3.05) is 13.2 Å². The molecule has 1 heterocycles. The van der Waals surface area contributed by atoms with E-state index >= 15 is 0 Å². The molecule has 2 unspecified atom stereocenters. The highest BCUT2D eigenvalue weighted by atomic mass is 16.5. The second-order valence-corrected chi connectivity index (χ2v) is 17.5. The van der Waals surface area contributed by atoms with Crippen molar-refractivity contribution in [3.63, 3.8) is 0 Å². The first-order valence-electron chi connectivity index (χ1n) is 23.9. The van der Waals surface area contributed by atoms with Gasteiger partial charge in [0, 0.05) is 17.2 Å². The molecule has 0 spiro atoms. The lowest BCUT2D eigenvalue weighted by atomic mass is 10.0. The number of unbranched alkanes of at least 4 members (excludes halogenated alkanes) is 18. The Balaban J connectivity index is 1.32. The summed E-state index contributed by atoms with van der Waals surface area (Å²) in [5.41, 5.74) is 6.78. The van der Waals surface area contributed by atoms with Crippen molar-refractivity contribution in [3.8, 4) is 45.7 Å². The van der Waals surface area contributed by atoms with Crippen molar-refractivity contribution in [2.24, 2.45) is 0 Å². The van der Waals surface area contributed by atoms with Crippen LogP contribution in [0.15, 0.2) is 54.6 Å². The van der Waals surface area contributed by atoms with Gasteiger partial charge in [-0.2, -0.15) is 0 Å². The summed E-state index contributed by atoms with van der Waals surface area (Å²) in [6, 6.07) is 17.6. The molecular formula is C53H79N3O4. The first-order chi connectivity index (χ1) is 29.2. The van der Waals surface area contributed by atoms with Crippen LogP contribution < -0.4 is 4.74 Å². The Bertz CT molecular complexity index is 1740. The highest BCUT2D eigenvalue weighted by Gasteiger charge is 2.18. The summed E-state index contributed by atoms with van der Waals surface area (Å²) >= 11 is 0. The van der Waals surface area contributed by atoms with Gasteiger partial charge in [-0.15, -0.1) is 0 Å². The van der Waals surface area contributed by atoms with Crippen molar-refractivity contribution in [1.29, 1.82) is 0 Å². The van der Waals surface area contributed by atoms with Crippen LogP contribution >= 0.6 is 0 Å². The molecule has 0 aliphatic heterocycles. The lowest BCUT2D eigenvalue weighted by molar-refractivity contribution is -0.0315. The number of hydrogen-bond acceptors (Lipinski definition) is 7. The van der Waals surface area contributed by atoms with Crippen molar-refractivity contribution >= 4 is 0 Å². The molecule has 60 heavy (non-hydrogen) atoms. The zero-order valence-electron chi connectivity index (χ0n) is 38.4. The first kappa shape index (κ1) is 48.9. The number of aryl methyl sites for hydroxylation is 4. The fourth-order valence-electron chi connectivity index (χ4n) is 8.17. The molecule has 2 N–H and O–H groups in total. The summed E-state index contributed by atoms with van der Waals surface area (Å²) in [4.78, 5) is 14.7. The number of phenolic OH excluding ortho intramolecular Hbond substituents is 1. The van der Waals surface area contributed by atoms with Crippen molar-refractivity contribution < 1.29 is 19.7 Å². The zero-order chi connectivity index (χ0) is 43.0. The summed E-state index contributed by atoms with van der Waals surface area (Å²) in [7, 11) is 0. The number of aliphatic hydroxyl groups excluding tert-OH is 1. The summed E-state index contributed by atoms with van der Waals surface area (Å²) in [6.07, 6.45) is 27.9. The number of hydrogen-bond donors (Lipinski definition) is 2. The van der Waals surface area contributed by atoms with Crippen molar-refractivity contribution in [3.05, 3.63) is 76.9 Å². The lowest BCUT2D eigenvalue weighted by Gasteiger charge is -2.21. The smallest absolute Gasteiger partial charge is 0.167 e. The number of nitrogens with zero attached hydrogens (tertiary/aromatic N) is 3. The van der Waals surface area contributed by atoms with Crippen LogP contribution in [0.1, 0.15) is 177 Å². The molecule has 0 saturated carbocycles. The standard InChI is InChI=1S/C53H79N3O4/c1-7-9-11-13-15-17-18-20-22-24-26-28-45(27-25-23-21-19-16-14-12-10-8-2)59-38-44(57)39-60-46-31-34-49(50(58)37-46)53-55-51(47-32-29-40(3)35-42(47)5)54-52(56-53)48-33-30-41(4)36-43(48)6/h29-37,44-45,57-58H,7-28,38-39H2,1-6H3. The Hall–Kier alpha value is -3.81. The maximum Gasteiger partial charge on any atom is 0.167 e. The van der Waals surface area contributed by atoms with E-state index in [-0.39, 0.29) is 25.1 Å². The van der Waals surface area contributed by atoms with Crippen LogP contribution in [0.4, 0.5) is 0 Å². The van der Waals surface area contributed by atoms with Gasteiger partial charge >= 0.3 is 0 Å². The van der Waals surface area contributed by atoms with E-state index in [9.17, 15) is 10.2 Å². The number of aromatic hydroxyl groups is 1. The minimum Gasteiger partial charge on any atom is -0.507 e. The second kappa shape index (κ2) is 27.9. The highest BCUT2D eigenvalue weighted by Crippen LogP contribution is 2.34. The SMILES string of the molecule is CCCCCCCCCCCCCC(CCCCCCCCCCC)OCC(O)COc1ccc(-c2nc(-c3ccc(C)cc3C)nc(-c3ccc(C)cc3C)n2)c(O)c1. The van der Waals surface area contributed by atoms with Gasteiger partial charge in [-0.25, -0.2) is 15.0 Å². The summed E-state index contributed by atoms with van der Waals surface area (Å²) < 4.78 is 12.4. The van der Waals surface area contributed by atoms with E-state index in [4.69, 9.17) is 24.4 Å². The Kier molecular flexibility index (Phi) is 22.7. The fraction of sp³-hybridized carbons (Fsp3) is 0.604. The molecule has 1 aromatic heterocycles. The number of ether oxygens (including phenoxy) is 2. The molecule has 0 aliphatic carbocycles. The van der Waals surface area contributed by atoms with E-state index in [0.717, 1.165) is 35.1 Å². The quantitative estimate of drug-likeness (QED) is 0.0488. The molecule has 330 valence electrons. The van der Waals surface area contributed by atoms with Gasteiger partial charge in [-0.3, -0.25) is 0 Å². The van der Waals surface area contributed by atoms with E-state index in [1.165, 1.54) is 140 Å². The zero-order valence-corrected chi connectivity index (χ0v) is 38.4. The number of benzene rings is 3. The third-order valence-electron chi connectivity index (χ3n) is 11.8. The lowest BCUT2D eigenvalue weighted by Crippen LogP contribution is -2.27. The molecule has 0 amide bonds. The van der Waals surface area contributed by atoms with Crippen LogP contribution in [-0.2, 0) is 4.74 Å². The average molecular weight is 822 g/mol. The van der Waals surface area contributed by atoms with E-state index in [1.807, 2.05) is 12.1 Å². The Morgan fingerprint density at radius 2 is 0.883 bits per heavy atom. The molecule has 4 aromatic rings. The van der Waals surface area contributed by atoms with Crippen LogP contribution in [0.5, 0.6) is 11.5 Å². The largest absolute Gasteiger partial charge is 0.507 e. The number of rotatable bonds is 31. The third-order valence-corrected chi connectivity index (χ3v) is 11.8. The molecule has 0 saturated heterocycles. The van der Waals surface area contributed by atoms with Crippen LogP contribution in [0.3, 0.4) is 0 Å². The maximum absolute atomic E-state index is 11.3. The number of aromatic nitrogens is 3. The van der Waals surface area contributed by atoms with Gasteiger partial charge in [0.25, 0.3) is 0 Å². The molecule has 0 fully saturated rings. The van der Waals surface area contributed by atoms with Crippen molar-refractivity contribution in [1.82, 2.24) is 15.0 Å². The second-order valence-electron chi connectivity index (χ2n) is 17.5. The van der Waals surface area contributed by atoms with Crippen LogP contribution in [0.2, 0.25) is 0 Å². The monoisotopic (exact) mass is 822 g/mol. The van der Waals surface area contributed by atoms with Gasteiger partial charge in [0.05, 0.1) is 18.3 Å². The van der Waals surface area contributed by atoms with E-state index < -0.39 is 6.10 Å². The summed E-state index contributed by atoms with van der Waals surface area (Å²) in [6.45, 7) is 13.1. The normalized spacial score (nSPS) is 12.5. The minimum atomic E-state index is -0.779. The van der Waals surface area contributed by atoms with Gasteiger partial charge in [0.15, 0.2) is 17.5 Å². The fourth-order valence-corrected chi connectivity index (χ4v) is 8.17. The van der Waals surface area contributed by atoms with Crippen LogP contribution in [0.25, 0.3) is 34.2 Å². The van der Waals surface area contributed by atoms with Gasteiger partial charge in [0.2, 0.25) is 0 Å². The molecule has 2 atom stereocenters. The van der Waals surface area contributed by atoms with Crippen LogP contribution in [0, 0.1) is 27.7 Å². The summed E-state index contributed by atoms with van der Waals surface area (Å²) in [5, 5.41) is 22.3. The Labute approximate surface area is 364 Å². The molecule has 0 bridgehead atoms. The van der Waals surface area contributed by atoms with Gasteiger partial charge in [-0.1, -0.05) is 190 Å². The third kappa shape index (κ3) is 17.7. The van der Waals surface area contributed by atoms with Gasteiger partial charge < -0.3 is 19.7 Å². The molecule has 7 heteroatoms. The van der Waals surface area contributed by atoms with E-state index in [1.54, 1.807) is 18.2 Å². The van der Waals surface area contributed by atoms with Gasteiger partial charge in [0.1, 0.15) is 24.2 Å². The topological polar surface area (TPSA) is 97.6 Å². The minimum absolute atomic E-state index is 0.00408. The molecule has 3 aromatic carbocycles. The molecule has 0 radical (unpaired) electrons. The van der Waals surface area contributed by atoms with Crippen molar-refractivity contribution in [2.45, 2.75) is 195 Å². The number of phenols is 1. The van der Waals surface area contributed by atoms with E-state index in [2.05, 4.69) is 65.8 Å². The van der Waals surface area contributed by atoms with E-state index in [0.29, 0.717) is 28.8 Å². The molecule has 4 rings (SSSR count). The van der Waals surface area contributed by atoms with Crippen LogP contribution in [-0.4, -0.2) is 50.6 Å². The molecule has 0 aliphatic rings. The predicted molar refractivity (Wildman–Crippen MR) is 251 cm³/mol. The Morgan fingerprint density at radius 3 is 1.30 bits per heavy atom. The number of aliphatic hydroxyl groups is 1. The Morgan fingerprint density at radius 1 is 0.483 bits per heavy atom. The predicted octanol–water partition coefficient (Wildman–Crippen LogP) is 14.6. The molecular weight excluding hydrogens is 743 g/mol.